The number of thioether (sulfide) groups is 1. The number of hydrogen-bond acceptors (Lipinski definition) is 6. The van der Waals surface area contributed by atoms with Gasteiger partial charge in [0.25, 0.3) is 0 Å². The third-order valence-corrected chi connectivity index (χ3v) is 6.82. The summed E-state index contributed by atoms with van der Waals surface area (Å²) in [5, 5.41) is 11.4. The van der Waals surface area contributed by atoms with Crippen LogP contribution in [0.15, 0.2) is 24.3 Å². The highest BCUT2D eigenvalue weighted by Gasteiger charge is 2.47. The lowest BCUT2D eigenvalue weighted by atomic mass is 10.1. The smallest absolute Gasteiger partial charge is 0.410 e. The SMILES string of the molecule is CC(C)(C)OC(=O)N1C[C@@H]2C[C@H]1CN2C(=S)SC(C[N+](=O)[O-])c1ccc(Cl)cc1. The van der Waals surface area contributed by atoms with Crippen molar-refractivity contribution in [1.82, 2.24) is 9.80 Å². The third-order valence-electron chi connectivity index (χ3n) is 4.90. The molecular weight excluding hydrogens is 434 g/mol. The van der Waals surface area contributed by atoms with Crippen molar-refractivity contribution >= 4 is 46.0 Å². The summed E-state index contributed by atoms with van der Waals surface area (Å²) in [4.78, 5) is 27.1. The molecule has 2 bridgehead atoms. The predicted octanol–water partition coefficient (Wildman–Crippen LogP) is 4.37. The van der Waals surface area contributed by atoms with Crippen molar-refractivity contribution in [1.29, 1.82) is 0 Å². The van der Waals surface area contributed by atoms with E-state index in [-0.39, 0.29) is 29.6 Å². The molecule has 10 heteroatoms. The fourth-order valence-corrected chi connectivity index (χ4v) is 5.44. The Morgan fingerprint density at radius 2 is 1.90 bits per heavy atom. The summed E-state index contributed by atoms with van der Waals surface area (Å²) < 4.78 is 6.12. The average molecular weight is 458 g/mol. The second-order valence-corrected chi connectivity index (χ2v) is 10.5. The lowest BCUT2D eigenvalue weighted by molar-refractivity contribution is -0.479. The van der Waals surface area contributed by atoms with Crippen molar-refractivity contribution in [3.8, 4) is 0 Å². The summed E-state index contributed by atoms with van der Waals surface area (Å²) in [5.41, 5.74) is 0.288. The molecule has 1 unspecified atom stereocenters. The fourth-order valence-electron chi connectivity index (χ4n) is 3.65. The van der Waals surface area contributed by atoms with Gasteiger partial charge in [-0.15, -0.1) is 0 Å². The molecule has 1 amide bonds. The number of hydrogen-bond donors (Lipinski definition) is 0. The van der Waals surface area contributed by atoms with E-state index in [9.17, 15) is 14.9 Å². The summed E-state index contributed by atoms with van der Waals surface area (Å²) in [5.74, 6) is 0. The van der Waals surface area contributed by atoms with E-state index >= 15 is 0 Å². The van der Waals surface area contributed by atoms with E-state index in [2.05, 4.69) is 4.90 Å². The van der Waals surface area contributed by atoms with Crippen LogP contribution in [0.1, 0.15) is 38.0 Å². The molecule has 1 aromatic rings. The van der Waals surface area contributed by atoms with Crippen molar-refractivity contribution in [2.75, 3.05) is 19.6 Å². The Bertz CT molecular complexity index is 800. The molecule has 7 nitrogen and oxygen atoms in total. The van der Waals surface area contributed by atoms with Gasteiger partial charge in [-0.2, -0.15) is 0 Å². The first-order valence-corrected chi connectivity index (χ1v) is 11.0. The van der Waals surface area contributed by atoms with Crippen LogP contribution in [0.3, 0.4) is 0 Å². The molecule has 2 fully saturated rings. The molecule has 0 N–H and O–H groups in total. The van der Waals surface area contributed by atoms with Crippen LogP contribution < -0.4 is 0 Å². The van der Waals surface area contributed by atoms with Gasteiger partial charge in [0.2, 0.25) is 6.54 Å². The Morgan fingerprint density at radius 3 is 2.41 bits per heavy atom. The van der Waals surface area contributed by atoms with E-state index < -0.39 is 10.9 Å². The van der Waals surface area contributed by atoms with Gasteiger partial charge in [-0.25, -0.2) is 4.79 Å². The average Bonchev–Trinajstić information content (AvgIpc) is 3.20. The number of nitro groups is 1. The minimum Gasteiger partial charge on any atom is -0.444 e. The molecule has 2 aliphatic heterocycles. The predicted molar refractivity (Wildman–Crippen MR) is 118 cm³/mol. The van der Waals surface area contributed by atoms with Crippen molar-refractivity contribution in [3.05, 3.63) is 45.0 Å². The topological polar surface area (TPSA) is 75.9 Å². The molecule has 0 spiro atoms. The quantitative estimate of drug-likeness (QED) is 0.377. The van der Waals surface area contributed by atoms with Gasteiger partial charge < -0.3 is 14.5 Å². The molecule has 0 radical (unpaired) electrons. The number of ether oxygens (including phenoxy) is 1. The zero-order valence-corrected chi connectivity index (χ0v) is 18.9. The number of halogens is 1. The summed E-state index contributed by atoms with van der Waals surface area (Å²) >= 11 is 12.9. The molecule has 29 heavy (non-hydrogen) atoms. The van der Waals surface area contributed by atoms with Crippen LogP contribution in [0.25, 0.3) is 0 Å². The zero-order valence-electron chi connectivity index (χ0n) is 16.5. The van der Waals surface area contributed by atoms with E-state index in [1.165, 1.54) is 11.8 Å². The standard InChI is InChI=1S/C19H24ClN3O4S2/c1-19(2,3)27-17(24)21-9-15-8-14(21)10-22(15)18(28)29-16(11-23(25)26)12-4-6-13(20)7-5-12/h4-7,14-16H,8-11H2,1-3H3/t14-,15-,16?/m0/s1. The van der Waals surface area contributed by atoms with Crippen LogP contribution in [-0.4, -0.2) is 62.5 Å². The van der Waals surface area contributed by atoms with Gasteiger partial charge in [0.1, 0.15) is 15.2 Å². The Hall–Kier alpha value is -1.58. The van der Waals surface area contributed by atoms with Crippen LogP contribution in [0, 0.1) is 10.1 Å². The van der Waals surface area contributed by atoms with Crippen molar-refractivity contribution < 1.29 is 14.5 Å². The molecule has 0 aliphatic carbocycles. The van der Waals surface area contributed by atoms with Gasteiger partial charge in [0.15, 0.2) is 0 Å². The highest BCUT2D eigenvalue weighted by atomic mass is 35.5. The second kappa shape index (κ2) is 8.65. The highest BCUT2D eigenvalue weighted by molar-refractivity contribution is 8.23. The van der Waals surface area contributed by atoms with Gasteiger partial charge in [-0.05, 0) is 44.9 Å². The van der Waals surface area contributed by atoms with Crippen LogP contribution >= 0.6 is 35.6 Å². The number of benzene rings is 1. The molecule has 158 valence electrons. The van der Waals surface area contributed by atoms with Crippen LogP contribution in [-0.2, 0) is 4.74 Å². The number of fused-ring (bicyclic) bond motifs is 2. The van der Waals surface area contributed by atoms with Crippen LogP contribution in [0.5, 0.6) is 0 Å². The molecule has 0 aromatic heterocycles. The molecule has 0 saturated carbocycles. The first-order valence-electron chi connectivity index (χ1n) is 9.37. The van der Waals surface area contributed by atoms with Gasteiger partial charge in [-0.3, -0.25) is 10.1 Å². The summed E-state index contributed by atoms with van der Waals surface area (Å²) in [6.07, 6.45) is 0.538. The number of likely N-dealkylation sites (tertiary alicyclic amines) is 2. The largest absolute Gasteiger partial charge is 0.444 e. The minimum absolute atomic E-state index is 0.0536. The first-order chi connectivity index (χ1) is 13.5. The number of amides is 1. The van der Waals surface area contributed by atoms with Crippen molar-refractivity contribution in [2.45, 2.75) is 50.1 Å². The van der Waals surface area contributed by atoms with Crippen molar-refractivity contribution in [3.63, 3.8) is 0 Å². The monoisotopic (exact) mass is 457 g/mol. The van der Waals surface area contributed by atoms with Gasteiger partial charge >= 0.3 is 6.09 Å². The number of carbonyl (C=O) groups is 1. The lowest BCUT2D eigenvalue weighted by Gasteiger charge is -2.36. The molecule has 1 aromatic carbocycles. The fraction of sp³-hybridized carbons (Fsp3) is 0.579. The molecule has 2 aliphatic rings. The minimum atomic E-state index is -0.530. The van der Waals surface area contributed by atoms with Crippen molar-refractivity contribution in [2.24, 2.45) is 0 Å². The van der Waals surface area contributed by atoms with E-state index in [0.717, 1.165) is 12.0 Å². The van der Waals surface area contributed by atoms with E-state index in [1.807, 2.05) is 20.8 Å². The normalized spacial score (nSPS) is 21.9. The van der Waals surface area contributed by atoms with Gasteiger partial charge in [-0.1, -0.05) is 47.7 Å². The number of carbonyl (C=O) groups excluding carboxylic acids is 1. The number of piperazine rings is 1. The van der Waals surface area contributed by atoms with Crippen LogP contribution in [0.2, 0.25) is 5.02 Å². The first kappa shape index (κ1) is 22.1. The van der Waals surface area contributed by atoms with Gasteiger partial charge in [0, 0.05) is 23.0 Å². The van der Waals surface area contributed by atoms with E-state index in [0.29, 0.717) is 22.4 Å². The number of nitrogens with zero attached hydrogens (tertiary/aromatic N) is 3. The second-order valence-electron chi connectivity index (χ2n) is 8.27. The van der Waals surface area contributed by atoms with Crippen LogP contribution in [0.4, 0.5) is 4.79 Å². The maximum Gasteiger partial charge on any atom is 0.410 e. The Balaban J connectivity index is 1.63. The Morgan fingerprint density at radius 1 is 1.31 bits per heavy atom. The number of rotatable bonds is 4. The number of thiocarbonyl (C=S) groups is 1. The maximum absolute atomic E-state index is 12.4. The summed E-state index contributed by atoms with van der Waals surface area (Å²) in [6, 6.07) is 7.22. The third kappa shape index (κ3) is 5.52. The molecule has 3 atom stereocenters. The zero-order chi connectivity index (χ0) is 21.3. The van der Waals surface area contributed by atoms with Gasteiger partial charge in [0.05, 0.1) is 12.1 Å². The molecule has 2 heterocycles. The molecule has 2 saturated heterocycles. The molecular formula is C19H24ClN3O4S2. The van der Waals surface area contributed by atoms with E-state index in [1.54, 1.807) is 29.2 Å². The summed E-state index contributed by atoms with van der Waals surface area (Å²) in [7, 11) is 0. The summed E-state index contributed by atoms with van der Waals surface area (Å²) in [6.45, 7) is 6.51. The Kier molecular flexibility index (Phi) is 6.60. The van der Waals surface area contributed by atoms with E-state index in [4.69, 9.17) is 28.6 Å². The maximum atomic E-state index is 12.4. The molecule has 3 rings (SSSR count). The lowest BCUT2D eigenvalue weighted by Crippen LogP contribution is -2.51. The highest BCUT2D eigenvalue weighted by Crippen LogP contribution is 2.38. The Labute approximate surface area is 184 Å².